The van der Waals surface area contributed by atoms with E-state index in [2.05, 4.69) is 21.2 Å². The van der Waals surface area contributed by atoms with Crippen LogP contribution in [0.1, 0.15) is 22.1 Å². The molecular weight excluding hydrogens is 350 g/mol. The normalized spacial score (nSPS) is 16.9. The highest BCUT2D eigenvalue weighted by Gasteiger charge is 2.31. The zero-order valence-corrected chi connectivity index (χ0v) is 13.2. The minimum atomic E-state index is -0.452. The van der Waals surface area contributed by atoms with E-state index in [1.54, 1.807) is 31.3 Å². The predicted octanol–water partition coefficient (Wildman–Crippen LogP) is 3.55. The van der Waals surface area contributed by atoms with Crippen LogP contribution in [-0.2, 0) is 0 Å². The summed E-state index contributed by atoms with van der Waals surface area (Å²) < 4.78 is 0.409. The zero-order chi connectivity index (χ0) is 15.9. The summed E-state index contributed by atoms with van der Waals surface area (Å²) in [4.78, 5) is 24.6. The van der Waals surface area contributed by atoms with Crippen LogP contribution < -0.4 is 5.32 Å². The molecule has 1 N–H and O–H groups in total. The second kappa shape index (κ2) is 5.42. The van der Waals surface area contributed by atoms with Gasteiger partial charge in [0, 0.05) is 24.4 Å². The van der Waals surface area contributed by atoms with Crippen LogP contribution in [0, 0.1) is 10.1 Å². The number of nitrogens with one attached hydrogen (secondary N) is 1. The first kappa shape index (κ1) is 14.5. The molecule has 112 valence electrons. The molecular formula is C15H12BrN3O3. The summed E-state index contributed by atoms with van der Waals surface area (Å²) in [6.45, 7) is 0. The maximum absolute atomic E-state index is 12.4. The van der Waals surface area contributed by atoms with Gasteiger partial charge in [-0.25, -0.2) is 0 Å². The van der Waals surface area contributed by atoms with Crippen LogP contribution in [0.2, 0.25) is 0 Å². The monoisotopic (exact) mass is 361 g/mol. The minimum absolute atomic E-state index is 0.0287. The molecule has 1 amide bonds. The van der Waals surface area contributed by atoms with Gasteiger partial charge in [-0.15, -0.1) is 0 Å². The molecule has 0 bridgehead atoms. The molecule has 1 unspecified atom stereocenters. The molecule has 2 aromatic rings. The first-order chi connectivity index (χ1) is 10.5. The zero-order valence-electron chi connectivity index (χ0n) is 11.6. The van der Waals surface area contributed by atoms with Crippen LogP contribution in [0.4, 0.5) is 11.4 Å². The Hall–Kier alpha value is -2.41. The Kier molecular flexibility index (Phi) is 3.58. The first-order valence-electron chi connectivity index (χ1n) is 6.55. The van der Waals surface area contributed by atoms with Gasteiger partial charge in [-0.3, -0.25) is 14.9 Å². The first-order valence-corrected chi connectivity index (χ1v) is 7.35. The minimum Gasteiger partial charge on any atom is -0.361 e. The van der Waals surface area contributed by atoms with Crippen LogP contribution in [0.5, 0.6) is 0 Å². The number of para-hydroxylation sites is 1. The van der Waals surface area contributed by atoms with Crippen molar-refractivity contribution in [1.29, 1.82) is 0 Å². The van der Waals surface area contributed by atoms with Gasteiger partial charge >= 0.3 is 0 Å². The number of nitro benzene ring substituents is 1. The van der Waals surface area contributed by atoms with Gasteiger partial charge in [-0.05, 0) is 34.1 Å². The molecule has 0 fully saturated rings. The molecule has 7 heteroatoms. The van der Waals surface area contributed by atoms with Crippen LogP contribution in [0.3, 0.4) is 0 Å². The number of carbonyl (C=O) groups is 1. The van der Waals surface area contributed by atoms with Crippen molar-refractivity contribution in [3.8, 4) is 0 Å². The molecule has 22 heavy (non-hydrogen) atoms. The second-order valence-corrected chi connectivity index (χ2v) is 5.83. The van der Waals surface area contributed by atoms with Crippen LogP contribution >= 0.6 is 15.9 Å². The van der Waals surface area contributed by atoms with Gasteiger partial charge < -0.3 is 10.2 Å². The number of hydrogen-bond acceptors (Lipinski definition) is 4. The van der Waals surface area contributed by atoms with Gasteiger partial charge in [0.25, 0.3) is 11.6 Å². The molecule has 1 heterocycles. The smallest absolute Gasteiger partial charge is 0.283 e. The van der Waals surface area contributed by atoms with Crippen molar-refractivity contribution in [2.24, 2.45) is 0 Å². The quantitative estimate of drug-likeness (QED) is 0.655. The van der Waals surface area contributed by atoms with E-state index < -0.39 is 11.1 Å². The molecule has 0 spiro atoms. The van der Waals surface area contributed by atoms with E-state index in [-0.39, 0.29) is 11.6 Å². The molecule has 3 rings (SSSR count). The Labute approximate surface area is 135 Å². The van der Waals surface area contributed by atoms with Crippen LogP contribution in [-0.4, -0.2) is 22.8 Å². The molecule has 6 nitrogen and oxygen atoms in total. The molecule has 1 aliphatic rings. The van der Waals surface area contributed by atoms with E-state index in [0.29, 0.717) is 15.6 Å². The summed E-state index contributed by atoms with van der Waals surface area (Å²) in [7, 11) is 1.67. The number of carbonyl (C=O) groups excluding carboxylic acids is 1. The molecule has 1 atom stereocenters. The van der Waals surface area contributed by atoms with E-state index in [9.17, 15) is 14.9 Å². The van der Waals surface area contributed by atoms with Crippen LogP contribution in [0.15, 0.2) is 46.9 Å². The Balaban J connectivity index is 2.05. The standard InChI is InChI=1S/C15H12BrN3O3/c1-18-14(9-6-7-11(16)13(8-9)19(21)22)17-12-5-3-2-4-10(12)15(18)20/h2-8,14,17H,1H3. The maximum atomic E-state index is 12.4. The number of anilines is 1. The highest BCUT2D eigenvalue weighted by Crippen LogP contribution is 2.35. The molecule has 0 radical (unpaired) electrons. The number of nitrogens with zero attached hydrogens (tertiary/aromatic N) is 2. The summed E-state index contributed by atoms with van der Waals surface area (Å²) in [5.74, 6) is -0.120. The van der Waals surface area contributed by atoms with Gasteiger partial charge in [-0.1, -0.05) is 18.2 Å². The summed E-state index contributed by atoms with van der Waals surface area (Å²) in [6.07, 6.45) is -0.450. The Morgan fingerprint density at radius 1 is 1.27 bits per heavy atom. The number of fused-ring (bicyclic) bond motifs is 1. The van der Waals surface area contributed by atoms with Crippen molar-refractivity contribution >= 4 is 33.2 Å². The Bertz CT molecular complexity index is 778. The van der Waals surface area contributed by atoms with Crippen molar-refractivity contribution in [3.63, 3.8) is 0 Å². The summed E-state index contributed by atoms with van der Waals surface area (Å²) >= 11 is 3.17. The third-order valence-corrected chi connectivity index (χ3v) is 4.31. The Morgan fingerprint density at radius 2 is 2.00 bits per heavy atom. The summed E-state index contributed by atoms with van der Waals surface area (Å²) in [5, 5.41) is 14.3. The predicted molar refractivity (Wildman–Crippen MR) is 85.7 cm³/mol. The molecule has 2 aromatic carbocycles. The lowest BCUT2D eigenvalue weighted by molar-refractivity contribution is -0.385. The number of halogens is 1. The van der Waals surface area contributed by atoms with Gasteiger partial charge in [0.05, 0.1) is 15.0 Å². The molecule has 1 aliphatic heterocycles. The lowest BCUT2D eigenvalue weighted by atomic mass is 10.0. The molecule has 0 aromatic heterocycles. The van der Waals surface area contributed by atoms with E-state index in [1.807, 2.05) is 12.1 Å². The van der Waals surface area contributed by atoms with Crippen LogP contribution in [0.25, 0.3) is 0 Å². The van der Waals surface area contributed by atoms with E-state index in [1.165, 1.54) is 11.0 Å². The Morgan fingerprint density at radius 3 is 2.73 bits per heavy atom. The van der Waals surface area contributed by atoms with Crippen molar-refractivity contribution < 1.29 is 9.72 Å². The highest BCUT2D eigenvalue weighted by atomic mass is 79.9. The van der Waals surface area contributed by atoms with Gasteiger partial charge in [0.1, 0.15) is 6.17 Å². The van der Waals surface area contributed by atoms with Crippen molar-refractivity contribution in [2.75, 3.05) is 12.4 Å². The fourth-order valence-electron chi connectivity index (χ4n) is 2.49. The summed E-state index contributed by atoms with van der Waals surface area (Å²) in [5.41, 5.74) is 1.94. The van der Waals surface area contributed by atoms with Crippen molar-refractivity contribution in [2.45, 2.75) is 6.17 Å². The van der Waals surface area contributed by atoms with E-state index >= 15 is 0 Å². The van der Waals surface area contributed by atoms with Crippen molar-refractivity contribution in [3.05, 3.63) is 68.2 Å². The van der Waals surface area contributed by atoms with Gasteiger partial charge in [0.2, 0.25) is 0 Å². The number of benzene rings is 2. The third kappa shape index (κ3) is 2.33. The lowest BCUT2D eigenvalue weighted by Gasteiger charge is -2.35. The number of hydrogen-bond donors (Lipinski definition) is 1. The van der Waals surface area contributed by atoms with E-state index in [0.717, 1.165) is 5.69 Å². The van der Waals surface area contributed by atoms with Gasteiger partial charge in [0.15, 0.2) is 0 Å². The van der Waals surface area contributed by atoms with E-state index in [4.69, 9.17) is 0 Å². The fraction of sp³-hybridized carbons (Fsp3) is 0.133. The molecule has 0 saturated carbocycles. The second-order valence-electron chi connectivity index (χ2n) is 4.98. The largest absolute Gasteiger partial charge is 0.361 e. The fourth-order valence-corrected chi connectivity index (χ4v) is 2.88. The number of nitro groups is 1. The number of amides is 1. The lowest BCUT2D eigenvalue weighted by Crippen LogP contribution is -2.40. The highest BCUT2D eigenvalue weighted by molar-refractivity contribution is 9.10. The van der Waals surface area contributed by atoms with Crippen molar-refractivity contribution in [1.82, 2.24) is 4.90 Å². The average Bonchev–Trinajstić information content (AvgIpc) is 2.51. The molecule has 0 saturated heterocycles. The molecule has 0 aliphatic carbocycles. The summed E-state index contributed by atoms with van der Waals surface area (Å²) in [6, 6.07) is 12.1. The maximum Gasteiger partial charge on any atom is 0.283 e. The average molecular weight is 362 g/mol. The SMILES string of the molecule is CN1C(=O)c2ccccc2NC1c1ccc(Br)c([N+](=O)[O-])c1. The number of rotatable bonds is 2. The third-order valence-electron chi connectivity index (χ3n) is 3.64. The van der Waals surface area contributed by atoms with Gasteiger partial charge in [-0.2, -0.15) is 0 Å². The topological polar surface area (TPSA) is 75.5 Å².